The van der Waals surface area contributed by atoms with E-state index in [0.29, 0.717) is 10.6 Å². The molecule has 0 heterocycles. The van der Waals surface area contributed by atoms with Gasteiger partial charge in [0.25, 0.3) is 0 Å². The fourth-order valence-corrected chi connectivity index (χ4v) is 2.12. The van der Waals surface area contributed by atoms with Crippen molar-refractivity contribution in [3.63, 3.8) is 0 Å². The van der Waals surface area contributed by atoms with Crippen molar-refractivity contribution in [2.75, 3.05) is 0 Å². The number of rotatable bonds is 3. The quantitative estimate of drug-likeness (QED) is 0.908. The van der Waals surface area contributed by atoms with E-state index in [9.17, 15) is 4.79 Å². The Labute approximate surface area is 111 Å². The third-order valence-electron chi connectivity index (χ3n) is 2.75. The largest absolute Gasteiger partial charge is 0.481 e. The number of hydrogen-bond donors (Lipinski definition) is 1. The van der Waals surface area contributed by atoms with E-state index in [2.05, 4.69) is 0 Å². The zero-order chi connectivity index (χ0) is 13.1. The molecule has 0 bridgehead atoms. The second-order valence-corrected chi connectivity index (χ2v) is 4.66. The van der Waals surface area contributed by atoms with Gasteiger partial charge in [-0.2, -0.15) is 0 Å². The molecule has 0 aromatic heterocycles. The van der Waals surface area contributed by atoms with Crippen LogP contribution < -0.4 is 0 Å². The highest BCUT2D eigenvalue weighted by Crippen LogP contribution is 2.29. The lowest BCUT2D eigenvalue weighted by atomic mass is 10.0. The zero-order valence-electron chi connectivity index (χ0n) is 9.98. The molecule has 2 aromatic carbocycles. The van der Waals surface area contributed by atoms with Crippen LogP contribution in [0.4, 0.5) is 0 Å². The summed E-state index contributed by atoms with van der Waals surface area (Å²) in [5, 5.41) is 9.31. The van der Waals surface area contributed by atoms with Gasteiger partial charge in [0.05, 0.1) is 6.42 Å². The average molecular weight is 261 g/mol. The molecule has 0 saturated heterocycles. The van der Waals surface area contributed by atoms with Gasteiger partial charge in [-0.25, -0.2) is 0 Å². The minimum Gasteiger partial charge on any atom is -0.481 e. The number of carbonyl (C=O) groups is 1. The molecule has 2 rings (SSSR count). The summed E-state index contributed by atoms with van der Waals surface area (Å²) in [7, 11) is 0. The van der Waals surface area contributed by atoms with Crippen LogP contribution in [0.25, 0.3) is 11.1 Å². The number of benzene rings is 2. The first kappa shape index (κ1) is 12.7. The van der Waals surface area contributed by atoms with Crippen molar-refractivity contribution in [1.29, 1.82) is 0 Å². The maximum Gasteiger partial charge on any atom is 0.307 e. The first-order valence-electron chi connectivity index (χ1n) is 5.63. The third kappa shape index (κ3) is 2.90. The van der Waals surface area contributed by atoms with Gasteiger partial charge in [0.2, 0.25) is 0 Å². The number of aryl methyl sites for hydroxylation is 1. The molecular formula is C15H13ClO2. The van der Waals surface area contributed by atoms with E-state index < -0.39 is 5.97 Å². The Kier molecular flexibility index (Phi) is 3.68. The van der Waals surface area contributed by atoms with E-state index in [1.54, 1.807) is 12.1 Å². The van der Waals surface area contributed by atoms with Crippen molar-refractivity contribution in [3.05, 3.63) is 58.6 Å². The maximum absolute atomic E-state index is 10.6. The van der Waals surface area contributed by atoms with Crippen LogP contribution in [-0.2, 0) is 11.2 Å². The molecule has 0 aliphatic rings. The molecule has 92 valence electrons. The summed E-state index contributed by atoms with van der Waals surface area (Å²) >= 11 is 6.19. The summed E-state index contributed by atoms with van der Waals surface area (Å²) in [5.41, 5.74) is 3.86. The molecule has 2 aromatic rings. The van der Waals surface area contributed by atoms with Gasteiger partial charge in [-0.15, -0.1) is 0 Å². The fraction of sp³-hybridized carbons (Fsp3) is 0.133. The maximum atomic E-state index is 10.6. The van der Waals surface area contributed by atoms with Crippen LogP contribution in [0.15, 0.2) is 42.5 Å². The second-order valence-electron chi connectivity index (χ2n) is 4.25. The Bertz CT molecular complexity index is 574. The van der Waals surface area contributed by atoms with Crippen molar-refractivity contribution in [3.8, 4) is 11.1 Å². The zero-order valence-corrected chi connectivity index (χ0v) is 10.7. The van der Waals surface area contributed by atoms with E-state index in [4.69, 9.17) is 16.7 Å². The monoisotopic (exact) mass is 260 g/mol. The average Bonchev–Trinajstić information content (AvgIpc) is 2.30. The van der Waals surface area contributed by atoms with Gasteiger partial charge in [-0.3, -0.25) is 4.79 Å². The van der Waals surface area contributed by atoms with Gasteiger partial charge >= 0.3 is 5.97 Å². The van der Waals surface area contributed by atoms with E-state index in [-0.39, 0.29) is 6.42 Å². The highest BCUT2D eigenvalue weighted by atomic mass is 35.5. The highest BCUT2D eigenvalue weighted by molar-refractivity contribution is 6.33. The number of hydrogen-bond acceptors (Lipinski definition) is 1. The number of aliphatic carboxylic acids is 1. The minimum atomic E-state index is -0.853. The number of carboxylic acid groups (broad SMARTS) is 1. The molecule has 0 radical (unpaired) electrons. The molecule has 0 aliphatic carbocycles. The van der Waals surface area contributed by atoms with Crippen LogP contribution in [-0.4, -0.2) is 11.1 Å². The summed E-state index contributed by atoms with van der Waals surface area (Å²) in [4.78, 5) is 10.6. The highest BCUT2D eigenvalue weighted by Gasteiger charge is 2.06. The normalized spacial score (nSPS) is 10.3. The van der Waals surface area contributed by atoms with E-state index in [0.717, 1.165) is 11.1 Å². The Morgan fingerprint density at radius 2 is 1.83 bits per heavy atom. The van der Waals surface area contributed by atoms with Gasteiger partial charge in [-0.05, 0) is 24.1 Å². The second kappa shape index (κ2) is 5.23. The lowest BCUT2D eigenvalue weighted by Crippen LogP contribution is -1.99. The molecule has 2 nitrogen and oxygen atoms in total. The molecule has 0 fully saturated rings. The van der Waals surface area contributed by atoms with Gasteiger partial charge < -0.3 is 5.11 Å². The van der Waals surface area contributed by atoms with Crippen molar-refractivity contribution < 1.29 is 9.90 Å². The van der Waals surface area contributed by atoms with Crippen molar-refractivity contribution in [1.82, 2.24) is 0 Å². The van der Waals surface area contributed by atoms with Crippen LogP contribution in [0.2, 0.25) is 5.02 Å². The standard InChI is InChI=1S/C15H13ClO2/c1-10-2-5-12(6-3-10)13-7-4-11(8-14(13)16)9-15(17)18/h2-8H,9H2,1H3,(H,17,18). The molecule has 0 atom stereocenters. The van der Waals surface area contributed by atoms with Gasteiger partial charge in [0.15, 0.2) is 0 Å². The van der Waals surface area contributed by atoms with Gasteiger partial charge in [-0.1, -0.05) is 53.6 Å². The number of carboxylic acids is 1. The van der Waals surface area contributed by atoms with Crippen LogP contribution in [0.3, 0.4) is 0 Å². The Morgan fingerprint density at radius 3 is 2.39 bits per heavy atom. The molecule has 1 N–H and O–H groups in total. The first-order chi connectivity index (χ1) is 8.56. The summed E-state index contributed by atoms with van der Waals surface area (Å²) in [6.45, 7) is 2.03. The summed E-state index contributed by atoms with van der Waals surface area (Å²) in [6, 6.07) is 13.4. The Balaban J connectivity index is 2.35. The predicted octanol–water partition coefficient (Wildman–Crippen LogP) is 3.94. The lowest BCUT2D eigenvalue weighted by Gasteiger charge is -2.07. The SMILES string of the molecule is Cc1ccc(-c2ccc(CC(=O)O)cc2Cl)cc1. The van der Waals surface area contributed by atoms with Crippen LogP contribution in [0.1, 0.15) is 11.1 Å². The van der Waals surface area contributed by atoms with E-state index in [1.807, 2.05) is 37.3 Å². The molecule has 0 spiro atoms. The van der Waals surface area contributed by atoms with Crippen LogP contribution in [0.5, 0.6) is 0 Å². The summed E-state index contributed by atoms with van der Waals surface area (Å²) < 4.78 is 0. The molecule has 18 heavy (non-hydrogen) atoms. The molecule has 3 heteroatoms. The van der Waals surface area contributed by atoms with Crippen molar-refractivity contribution in [2.45, 2.75) is 13.3 Å². The molecule has 0 unspecified atom stereocenters. The molecule has 0 saturated carbocycles. The van der Waals surface area contributed by atoms with Crippen molar-refractivity contribution >= 4 is 17.6 Å². The topological polar surface area (TPSA) is 37.3 Å². The first-order valence-corrected chi connectivity index (χ1v) is 6.01. The molecule has 0 amide bonds. The minimum absolute atomic E-state index is 0.00605. The molecular weight excluding hydrogens is 248 g/mol. The van der Waals surface area contributed by atoms with Gasteiger partial charge in [0.1, 0.15) is 0 Å². The lowest BCUT2D eigenvalue weighted by molar-refractivity contribution is -0.136. The number of halogens is 1. The van der Waals surface area contributed by atoms with E-state index >= 15 is 0 Å². The van der Waals surface area contributed by atoms with E-state index in [1.165, 1.54) is 5.56 Å². The fourth-order valence-electron chi connectivity index (χ4n) is 1.81. The molecule has 0 aliphatic heterocycles. The van der Waals surface area contributed by atoms with Gasteiger partial charge in [0, 0.05) is 10.6 Å². The summed E-state index contributed by atoms with van der Waals surface area (Å²) in [5.74, 6) is -0.853. The van der Waals surface area contributed by atoms with Crippen molar-refractivity contribution in [2.24, 2.45) is 0 Å². The van der Waals surface area contributed by atoms with Crippen LogP contribution >= 0.6 is 11.6 Å². The Morgan fingerprint density at radius 1 is 1.17 bits per heavy atom. The predicted molar refractivity (Wildman–Crippen MR) is 73.0 cm³/mol. The Hall–Kier alpha value is -1.80. The van der Waals surface area contributed by atoms with Crippen LogP contribution in [0, 0.1) is 6.92 Å². The summed E-state index contributed by atoms with van der Waals surface area (Å²) in [6.07, 6.45) is -0.00605. The smallest absolute Gasteiger partial charge is 0.307 e. The third-order valence-corrected chi connectivity index (χ3v) is 3.06.